The van der Waals surface area contributed by atoms with Gasteiger partial charge in [-0.05, 0) is 24.8 Å². The molecule has 0 unspecified atom stereocenters. The molecule has 1 heterocycles. The maximum Gasteiger partial charge on any atom is 0.183 e. The first-order valence-corrected chi connectivity index (χ1v) is 5.70. The fourth-order valence-corrected chi connectivity index (χ4v) is 2.35. The van der Waals surface area contributed by atoms with Crippen molar-refractivity contribution in [3.63, 3.8) is 0 Å². The third-order valence-corrected chi connectivity index (χ3v) is 3.46. The molecule has 3 nitrogen and oxygen atoms in total. The van der Waals surface area contributed by atoms with E-state index in [1.165, 1.54) is 12.8 Å². The highest BCUT2D eigenvalue weighted by Crippen LogP contribution is 2.30. The Kier molecular flexibility index (Phi) is 2.89. The van der Waals surface area contributed by atoms with E-state index in [4.69, 9.17) is 0 Å². The third-order valence-electron chi connectivity index (χ3n) is 3.46. The van der Waals surface area contributed by atoms with Crippen LogP contribution in [0.4, 0.5) is 0 Å². The van der Waals surface area contributed by atoms with Crippen molar-refractivity contribution in [2.45, 2.75) is 32.6 Å². The number of aryl methyl sites for hydroxylation is 1. The average molecular weight is 206 g/mol. The van der Waals surface area contributed by atoms with E-state index in [2.05, 4.69) is 12.0 Å². The Bertz CT molecular complexity index is 348. The standard InChI is InChI=1S/C12H18N2O/c1-9-3-5-10(6-4-9)12(15)11-7-8-13-14(11)2/h7-10H,3-6H2,1-2H3. The van der Waals surface area contributed by atoms with Crippen LogP contribution in [-0.2, 0) is 7.05 Å². The molecule has 1 saturated carbocycles. The second kappa shape index (κ2) is 4.17. The number of hydrogen-bond acceptors (Lipinski definition) is 2. The molecule has 0 saturated heterocycles. The van der Waals surface area contributed by atoms with Crippen LogP contribution in [0.15, 0.2) is 12.3 Å². The summed E-state index contributed by atoms with van der Waals surface area (Å²) in [7, 11) is 1.83. The van der Waals surface area contributed by atoms with E-state index in [9.17, 15) is 4.79 Å². The van der Waals surface area contributed by atoms with Crippen molar-refractivity contribution in [3.05, 3.63) is 18.0 Å². The molecular formula is C12H18N2O. The van der Waals surface area contributed by atoms with Crippen molar-refractivity contribution in [1.82, 2.24) is 9.78 Å². The lowest BCUT2D eigenvalue weighted by Gasteiger charge is -2.24. The van der Waals surface area contributed by atoms with E-state index in [1.54, 1.807) is 10.9 Å². The molecule has 1 aliphatic rings. The fraction of sp³-hybridized carbons (Fsp3) is 0.667. The normalized spacial score (nSPS) is 26.5. The molecule has 1 aromatic heterocycles. The monoisotopic (exact) mass is 206 g/mol. The van der Waals surface area contributed by atoms with Gasteiger partial charge in [-0.3, -0.25) is 9.48 Å². The Balaban J connectivity index is 2.06. The lowest BCUT2D eigenvalue weighted by Crippen LogP contribution is -2.22. The number of rotatable bonds is 2. The Labute approximate surface area is 90.5 Å². The smallest absolute Gasteiger partial charge is 0.183 e. The molecule has 1 aliphatic carbocycles. The first kappa shape index (κ1) is 10.4. The molecular weight excluding hydrogens is 188 g/mol. The van der Waals surface area contributed by atoms with E-state index >= 15 is 0 Å². The molecule has 0 bridgehead atoms. The van der Waals surface area contributed by atoms with Crippen LogP contribution in [0, 0.1) is 11.8 Å². The molecule has 0 radical (unpaired) electrons. The van der Waals surface area contributed by atoms with Gasteiger partial charge >= 0.3 is 0 Å². The van der Waals surface area contributed by atoms with Gasteiger partial charge in [0.1, 0.15) is 5.69 Å². The molecule has 0 spiro atoms. The number of Topliss-reactive ketones (excluding diaryl/α,β-unsaturated/α-hetero) is 1. The first-order chi connectivity index (χ1) is 7.18. The summed E-state index contributed by atoms with van der Waals surface area (Å²) in [6.07, 6.45) is 6.16. The summed E-state index contributed by atoms with van der Waals surface area (Å²) >= 11 is 0. The number of nitrogens with zero attached hydrogens (tertiary/aromatic N) is 2. The predicted molar refractivity (Wildman–Crippen MR) is 58.7 cm³/mol. The van der Waals surface area contributed by atoms with E-state index in [1.807, 2.05) is 13.1 Å². The molecule has 2 rings (SSSR count). The maximum atomic E-state index is 12.1. The third kappa shape index (κ3) is 2.11. The zero-order valence-electron chi connectivity index (χ0n) is 9.44. The van der Waals surface area contributed by atoms with Gasteiger partial charge in [-0.1, -0.05) is 19.8 Å². The lowest BCUT2D eigenvalue weighted by atomic mass is 9.80. The molecule has 0 N–H and O–H groups in total. The highest BCUT2D eigenvalue weighted by Gasteiger charge is 2.26. The molecule has 0 aromatic carbocycles. The Morgan fingerprint density at radius 3 is 2.60 bits per heavy atom. The summed E-state index contributed by atoms with van der Waals surface area (Å²) in [5.74, 6) is 1.30. The minimum absolute atomic E-state index is 0.233. The van der Waals surface area contributed by atoms with Gasteiger partial charge in [0.05, 0.1) is 0 Å². The van der Waals surface area contributed by atoms with Crippen molar-refractivity contribution in [1.29, 1.82) is 0 Å². The highest BCUT2D eigenvalue weighted by molar-refractivity contribution is 5.96. The average Bonchev–Trinajstić information content (AvgIpc) is 2.65. The number of carbonyl (C=O) groups excluding carboxylic acids is 1. The minimum atomic E-state index is 0.233. The van der Waals surface area contributed by atoms with Gasteiger partial charge in [0.15, 0.2) is 5.78 Å². The summed E-state index contributed by atoms with van der Waals surface area (Å²) in [6, 6.07) is 1.82. The van der Waals surface area contributed by atoms with Crippen LogP contribution < -0.4 is 0 Å². The van der Waals surface area contributed by atoms with Crippen molar-refractivity contribution in [2.24, 2.45) is 18.9 Å². The van der Waals surface area contributed by atoms with Crippen LogP contribution in [0.3, 0.4) is 0 Å². The number of hydrogen-bond donors (Lipinski definition) is 0. The molecule has 1 aromatic rings. The number of carbonyl (C=O) groups is 1. The van der Waals surface area contributed by atoms with Gasteiger partial charge in [0, 0.05) is 19.2 Å². The van der Waals surface area contributed by atoms with Crippen LogP contribution in [-0.4, -0.2) is 15.6 Å². The van der Waals surface area contributed by atoms with Crippen molar-refractivity contribution < 1.29 is 4.79 Å². The van der Waals surface area contributed by atoms with Gasteiger partial charge < -0.3 is 0 Å². The number of ketones is 1. The Morgan fingerprint density at radius 2 is 2.07 bits per heavy atom. The predicted octanol–water partition coefficient (Wildman–Crippen LogP) is 2.43. The first-order valence-electron chi connectivity index (χ1n) is 5.70. The molecule has 15 heavy (non-hydrogen) atoms. The van der Waals surface area contributed by atoms with Crippen LogP contribution in [0.2, 0.25) is 0 Å². The summed E-state index contributed by atoms with van der Waals surface area (Å²) in [4.78, 5) is 12.1. The molecule has 0 aliphatic heterocycles. The largest absolute Gasteiger partial charge is 0.292 e. The Hall–Kier alpha value is -1.12. The second-order valence-corrected chi connectivity index (χ2v) is 4.66. The molecule has 82 valence electrons. The maximum absolute atomic E-state index is 12.1. The van der Waals surface area contributed by atoms with Crippen LogP contribution in [0.25, 0.3) is 0 Å². The zero-order valence-corrected chi connectivity index (χ0v) is 9.44. The molecule has 0 amide bonds. The van der Waals surface area contributed by atoms with E-state index in [0.29, 0.717) is 0 Å². The van der Waals surface area contributed by atoms with Gasteiger partial charge in [-0.2, -0.15) is 5.10 Å². The van der Waals surface area contributed by atoms with Gasteiger partial charge in [-0.15, -0.1) is 0 Å². The van der Waals surface area contributed by atoms with Gasteiger partial charge in [0.25, 0.3) is 0 Å². The second-order valence-electron chi connectivity index (χ2n) is 4.66. The molecule has 3 heteroatoms. The van der Waals surface area contributed by atoms with Crippen molar-refractivity contribution >= 4 is 5.78 Å². The lowest BCUT2D eigenvalue weighted by molar-refractivity contribution is 0.0866. The summed E-state index contributed by atoms with van der Waals surface area (Å²) in [5.41, 5.74) is 0.759. The number of aromatic nitrogens is 2. The highest BCUT2D eigenvalue weighted by atomic mass is 16.1. The van der Waals surface area contributed by atoms with Gasteiger partial charge in [0.2, 0.25) is 0 Å². The summed E-state index contributed by atoms with van der Waals surface area (Å²) in [6.45, 7) is 2.27. The van der Waals surface area contributed by atoms with E-state index in [-0.39, 0.29) is 11.7 Å². The SMILES string of the molecule is CC1CCC(C(=O)c2ccnn2C)CC1. The van der Waals surface area contributed by atoms with Gasteiger partial charge in [-0.25, -0.2) is 0 Å². The minimum Gasteiger partial charge on any atom is -0.292 e. The van der Waals surface area contributed by atoms with Crippen molar-refractivity contribution in [2.75, 3.05) is 0 Å². The van der Waals surface area contributed by atoms with E-state index < -0.39 is 0 Å². The Morgan fingerprint density at radius 1 is 1.40 bits per heavy atom. The quantitative estimate of drug-likeness (QED) is 0.696. The molecule has 1 fully saturated rings. The topological polar surface area (TPSA) is 34.9 Å². The van der Waals surface area contributed by atoms with Crippen LogP contribution >= 0.6 is 0 Å². The molecule has 0 atom stereocenters. The summed E-state index contributed by atoms with van der Waals surface area (Å²) in [5, 5.41) is 4.04. The summed E-state index contributed by atoms with van der Waals surface area (Å²) < 4.78 is 1.68. The zero-order chi connectivity index (χ0) is 10.8. The fourth-order valence-electron chi connectivity index (χ4n) is 2.35. The van der Waals surface area contributed by atoms with Crippen molar-refractivity contribution in [3.8, 4) is 0 Å². The van der Waals surface area contributed by atoms with E-state index in [0.717, 1.165) is 24.5 Å². The van der Waals surface area contributed by atoms with Crippen LogP contribution in [0.1, 0.15) is 43.1 Å². The van der Waals surface area contributed by atoms with Crippen LogP contribution in [0.5, 0.6) is 0 Å².